The zero-order valence-electron chi connectivity index (χ0n) is 5.59. The van der Waals surface area contributed by atoms with E-state index in [-0.39, 0.29) is 57.6 Å². The number of carbonyl (C=O) groups excluding carboxylic acids is 1. The summed E-state index contributed by atoms with van der Waals surface area (Å²) in [6.45, 7) is 2.00. The van der Waals surface area contributed by atoms with Crippen molar-refractivity contribution in [3.8, 4) is 0 Å². The summed E-state index contributed by atoms with van der Waals surface area (Å²) >= 11 is -0.750. The molecule has 10 heteroatoms. The zero-order chi connectivity index (χ0) is 6.71. The minimum absolute atomic E-state index is 0. The smallest absolute Gasteiger partial charge is 0.811 e. The number of hydrogen-bond acceptors (Lipinski definition) is 6. The summed E-state index contributed by atoms with van der Waals surface area (Å²) < 4.78 is 16.6. The Balaban J connectivity index is -0.00000000378. The average Bonchev–Trinajstić information content (AvgIpc) is 1.78. The third kappa shape index (κ3) is 579. The predicted molar refractivity (Wildman–Crippen MR) is 28.8 cm³/mol. The van der Waals surface area contributed by atoms with Gasteiger partial charge in [0.25, 0.3) is 0 Å². The van der Waals surface area contributed by atoms with Crippen molar-refractivity contribution < 1.29 is 82.0 Å². The van der Waals surface area contributed by atoms with E-state index in [0.717, 1.165) is 0 Å². The Morgan fingerprint density at radius 1 is 1.09 bits per heavy atom. The van der Waals surface area contributed by atoms with Crippen LogP contribution in [0.3, 0.4) is 0 Å². The molecule has 0 aromatic rings. The summed E-state index contributed by atoms with van der Waals surface area (Å²) in [6, 6.07) is 0. The van der Waals surface area contributed by atoms with Crippen LogP contribution in [0.15, 0.2) is 0 Å². The minimum atomic E-state index is -0.750. The quantitative estimate of drug-likeness (QED) is 0.187. The third-order valence-corrected chi connectivity index (χ3v) is 0. The molecule has 0 saturated heterocycles. The first-order valence-corrected chi connectivity index (χ1v) is 1.49. The van der Waals surface area contributed by atoms with Crippen molar-refractivity contribution in [3.05, 3.63) is 0 Å². The van der Waals surface area contributed by atoms with E-state index in [0.29, 0.717) is 0 Å². The van der Waals surface area contributed by atoms with Gasteiger partial charge in [0.15, 0.2) is 0 Å². The number of carbonyl (C=O) groups is 1. The normalized spacial score (nSPS) is 2.55. The maximum Gasteiger partial charge on any atom is 2.00 e. The summed E-state index contributed by atoms with van der Waals surface area (Å²) in [5.74, 6) is 0. The molecule has 0 spiro atoms. The Bertz CT molecular complexity index is 22.4. The Morgan fingerprint density at radius 2 is 1.09 bits per heavy atom. The molecule has 7 nitrogen and oxygen atoms in total. The van der Waals surface area contributed by atoms with Crippen molar-refractivity contribution in [2.45, 2.75) is 0 Å². The maximum atomic E-state index is 8.29. The first kappa shape index (κ1) is 55.9. The largest absolute Gasteiger partial charge is 2.00 e. The molecule has 0 saturated carbocycles. The molecule has 11 heavy (non-hydrogen) atoms. The summed E-state index contributed by atoms with van der Waals surface area (Å²) in [6.07, 6.45) is 0. The molecule has 0 aliphatic carbocycles. The van der Waals surface area contributed by atoms with Gasteiger partial charge >= 0.3 is 46.6 Å². The second kappa shape index (κ2) is 227. The van der Waals surface area contributed by atoms with Crippen molar-refractivity contribution in [2.75, 3.05) is 0 Å². The summed E-state index contributed by atoms with van der Waals surface area (Å²) in [4.78, 5) is 8.00. The summed E-state index contributed by atoms with van der Waals surface area (Å²) in [5, 5.41) is 12.0. The van der Waals surface area contributed by atoms with E-state index in [1.807, 2.05) is 6.79 Å². The van der Waals surface area contributed by atoms with Crippen LogP contribution in [0, 0.1) is 0 Å². The fraction of sp³-hybridized carbons (Fsp3) is 0. The monoisotopic (exact) mass is 243 g/mol. The molecule has 0 aliphatic heterocycles. The van der Waals surface area contributed by atoms with Crippen LogP contribution < -0.4 is 29.6 Å². The third-order valence-electron chi connectivity index (χ3n) is 0. The van der Waals surface area contributed by atoms with Gasteiger partial charge in [0.1, 0.15) is 6.79 Å². The van der Waals surface area contributed by atoms with E-state index in [1.165, 1.54) is 0 Å². The Morgan fingerprint density at radius 3 is 1.09 bits per heavy atom. The molecule has 0 rings (SSSR count). The van der Waals surface area contributed by atoms with Crippen LogP contribution >= 0.6 is 12.3 Å². The second-order valence-electron chi connectivity index (χ2n) is 0.0680. The Kier molecular flexibility index (Phi) is 1150. The zero-order valence-corrected chi connectivity index (χ0v) is 9.51. The van der Waals surface area contributed by atoms with Crippen LogP contribution in [0.4, 0.5) is 0 Å². The van der Waals surface area contributed by atoms with Gasteiger partial charge < -0.3 is 37.2 Å². The van der Waals surface area contributed by atoms with Gasteiger partial charge in [-0.05, 0) is 0 Å². The van der Waals surface area contributed by atoms with E-state index >= 15 is 0 Å². The Hall–Kier alpha value is 1.30. The maximum absolute atomic E-state index is 8.29. The molecule has 0 bridgehead atoms. The van der Waals surface area contributed by atoms with Crippen LogP contribution in [0.5, 0.6) is 0 Å². The minimum Gasteiger partial charge on any atom is -0.811 e. The number of rotatable bonds is 0. The van der Waals surface area contributed by atoms with Crippen LogP contribution in [0.2, 0.25) is 0 Å². The molecular formula is CH8FeNaO7S+. The van der Waals surface area contributed by atoms with Gasteiger partial charge in [0, 0.05) is 0 Å². The standard InChI is InChI=1S/CH2O.Fe.Na.H2O2S.H2O2.2H2O/c1-2;;;1-3-2;1-2;;/h1H2;;;1-2H;1-2H;2*1H2/q;+2;+1;;;;/p-2. The fourth-order valence-corrected chi connectivity index (χ4v) is 0. The van der Waals surface area contributed by atoms with Gasteiger partial charge in [0.2, 0.25) is 0 Å². The summed E-state index contributed by atoms with van der Waals surface area (Å²) in [5.41, 5.74) is 0. The fourth-order valence-electron chi connectivity index (χ4n) is 0. The molecule has 0 radical (unpaired) electrons. The second-order valence-corrected chi connectivity index (χ2v) is 0.204. The van der Waals surface area contributed by atoms with Crippen molar-refractivity contribution in [3.63, 3.8) is 0 Å². The molecule has 0 fully saturated rings. The van der Waals surface area contributed by atoms with Crippen LogP contribution in [0.25, 0.3) is 0 Å². The predicted octanol–water partition coefficient (Wildman–Crippen LogP) is -4.83. The molecule has 0 amide bonds. The van der Waals surface area contributed by atoms with Crippen molar-refractivity contribution in [1.82, 2.24) is 0 Å². The van der Waals surface area contributed by atoms with Gasteiger partial charge in [0.05, 0.1) is 0 Å². The number of hydrogen-bond donors (Lipinski definition) is 2. The van der Waals surface area contributed by atoms with Crippen molar-refractivity contribution in [1.29, 1.82) is 0 Å². The molecule has 0 aliphatic rings. The van der Waals surface area contributed by atoms with Gasteiger partial charge in [-0.3, -0.25) is 10.5 Å². The molecule has 6 N–H and O–H groups in total. The van der Waals surface area contributed by atoms with Crippen LogP contribution in [-0.2, 0) is 21.9 Å². The summed E-state index contributed by atoms with van der Waals surface area (Å²) in [7, 11) is 0. The van der Waals surface area contributed by atoms with Gasteiger partial charge in [-0.1, -0.05) is 0 Å². The molecule has 0 unspecified atom stereocenters. The molecule has 0 aromatic heterocycles. The first-order valence-electron chi connectivity index (χ1n) is 0.822. The SMILES string of the molecule is C=O.O.O.OO.[Fe+2].[Na+].[O-]S[O-]. The Labute approximate surface area is 101 Å². The molecule has 0 atom stereocenters. The van der Waals surface area contributed by atoms with Crippen LogP contribution in [0.1, 0.15) is 0 Å². The molecule has 68 valence electrons. The van der Waals surface area contributed by atoms with Crippen LogP contribution in [-0.4, -0.2) is 37.4 Å². The van der Waals surface area contributed by atoms with Gasteiger partial charge in [-0.2, -0.15) is 0 Å². The average molecular weight is 243 g/mol. The molecular weight excluding hydrogens is 235 g/mol. The van der Waals surface area contributed by atoms with Gasteiger partial charge in [-0.25, -0.2) is 0 Å². The van der Waals surface area contributed by atoms with Crippen molar-refractivity contribution in [2.24, 2.45) is 0 Å². The van der Waals surface area contributed by atoms with Crippen molar-refractivity contribution >= 4 is 19.1 Å². The topological polar surface area (TPSA) is 167 Å². The van der Waals surface area contributed by atoms with E-state index in [2.05, 4.69) is 0 Å². The van der Waals surface area contributed by atoms with E-state index < -0.39 is 12.3 Å². The van der Waals surface area contributed by atoms with E-state index in [1.54, 1.807) is 0 Å². The molecule has 0 aromatic carbocycles. The first-order chi connectivity index (χ1) is 3.41. The molecule has 0 heterocycles. The van der Waals surface area contributed by atoms with E-state index in [9.17, 15) is 0 Å². The van der Waals surface area contributed by atoms with Gasteiger partial charge in [-0.15, -0.1) is 0 Å². The van der Waals surface area contributed by atoms with E-state index in [4.69, 9.17) is 24.4 Å².